The summed E-state index contributed by atoms with van der Waals surface area (Å²) in [4.78, 5) is 5.35. The molecule has 2 fully saturated rings. The molecule has 0 radical (unpaired) electrons. The molecule has 0 aliphatic carbocycles. The van der Waals surface area contributed by atoms with Crippen LogP contribution in [0.4, 0.5) is 0 Å². The summed E-state index contributed by atoms with van der Waals surface area (Å²) >= 11 is 0. The molecule has 1 unspecified atom stereocenters. The molecule has 0 amide bonds. The van der Waals surface area contributed by atoms with Gasteiger partial charge >= 0.3 is 0 Å². The van der Waals surface area contributed by atoms with E-state index in [1.165, 1.54) is 63.2 Å². The van der Waals surface area contributed by atoms with Gasteiger partial charge in [0, 0.05) is 13.1 Å². The molecule has 2 aliphatic heterocycles. The Labute approximate surface area is 142 Å². The van der Waals surface area contributed by atoms with Crippen molar-refractivity contribution in [2.45, 2.75) is 52.9 Å². The third-order valence-electron chi connectivity index (χ3n) is 6.03. The van der Waals surface area contributed by atoms with Crippen molar-refractivity contribution in [3.8, 4) is 0 Å². The molecule has 2 saturated heterocycles. The molecule has 0 aromatic heterocycles. The number of nitrogens with zero attached hydrogens (tertiary/aromatic N) is 2. The van der Waals surface area contributed by atoms with Gasteiger partial charge in [-0.15, -0.1) is 0 Å². The smallest absolute Gasteiger partial charge is 0.0506 e. The van der Waals surface area contributed by atoms with Gasteiger partial charge in [0.1, 0.15) is 0 Å². The Hall–Kier alpha value is -0.860. The first-order chi connectivity index (χ1) is 10.9. The van der Waals surface area contributed by atoms with Crippen molar-refractivity contribution in [1.29, 1.82) is 0 Å². The second-order valence-corrected chi connectivity index (χ2v) is 8.87. The number of hydrogen-bond donors (Lipinski definition) is 0. The Bertz CT molecular complexity index is 492. The summed E-state index contributed by atoms with van der Waals surface area (Å²) in [6, 6.07) is 9.18. The van der Waals surface area contributed by atoms with Crippen molar-refractivity contribution in [3.63, 3.8) is 0 Å². The molecule has 1 aromatic rings. The van der Waals surface area contributed by atoms with E-state index in [1.807, 2.05) is 0 Å². The second kappa shape index (κ2) is 6.94. The topological polar surface area (TPSA) is 6.48 Å². The predicted octanol–water partition coefficient (Wildman–Crippen LogP) is 4.50. The molecule has 2 nitrogen and oxygen atoms in total. The van der Waals surface area contributed by atoms with Gasteiger partial charge in [0.05, 0.1) is 6.67 Å². The van der Waals surface area contributed by atoms with Crippen LogP contribution in [0.25, 0.3) is 0 Å². The van der Waals surface area contributed by atoms with Crippen LogP contribution >= 0.6 is 0 Å². The van der Waals surface area contributed by atoms with Crippen LogP contribution < -0.4 is 0 Å². The highest BCUT2D eigenvalue weighted by Crippen LogP contribution is 2.34. The lowest BCUT2D eigenvalue weighted by molar-refractivity contribution is 0.0731. The van der Waals surface area contributed by atoms with Crippen LogP contribution in [0.1, 0.15) is 57.1 Å². The zero-order chi connectivity index (χ0) is 16.4. The lowest BCUT2D eigenvalue weighted by Crippen LogP contribution is -2.43. The summed E-state index contributed by atoms with van der Waals surface area (Å²) in [5.41, 5.74) is 3.38. The molecule has 128 valence electrons. The highest BCUT2D eigenvalue weighted by Gasteiger charge is 2.30. The molecular formula is C21H34N2. The summed E-state index contributed by atoms with van der Waals surface area (Å²) in [5, 5.41) is 0. The minimum atomic E-state index is 0.482. The van der Waals surface area contributed by atoms with Crippen molar-refractivity contribution < 1.29 is 0 Å². The van der Waals surface area contributed by atoms with E-state index in [-0.39, 0.29) is 0 Å². The van der Waals surface area contributed by atoms with Gasteiger partial charge in [0.15, 0.2) is 0 Å². The number of benzene rings is 1. The van der Waals surface area contributed by atoms with Crippen LogP contribution in [-0.4, -0.2) is 42.6 Å². The van der Waals surface area contributed by atoms with Gasteiger partial charge in [0.2, 0.25) is 0 Å². The second-order valence-electron chi connectivity index (χ2n) is 8.87. The molecule has 3 rings (SSSR count). The van der Waals surface area contributed by atoms with Crippen molar-refractivity contribution in [1.82, 2.24) is 9.80 Å². The third-order valence-corrected chi connectivity index (χ3v) is 6.03. The van der Waals surface area contributed by atoms with Gasteiger partial charge in [-0.1, -0.05) is 50.6 Å². The average Bonchev–Trinajstić information content (AvgIpc) is 2.96. The Morgan fingerprint density at radius 2 is 1.52 bits per heavy atom. The van der Waals surface area contributed by atoms with Gasteiger partial charge in [0.25, 0.3) is 0 Å². The van der Waals surface area contributed by atoms with Crippen LogP contribution in [0, 0.1) is 18.3 Å². The Kier molecular flexibility index (Phi) is 5.13. The zero-order valence-electron chi connectivity index (χ0n) is 15.5. The molecule has 23 heavy (non-hydrogen) atoms. The van der Waals surface area contributed by atoms with Crippen LogP contribution in [0.3, 0.4) is 0 Å². The molecule has 0 saturated carbocycles. The minimum absolute atomic E-state index is 0.482. The minimum Gasteiger partial charge on any atom is -0.290 e. The molecule has 0 N–H and O–H groups in total. The van der Waals surface area contributed by atoms with Gasteiger partial charge in [-0.2, -0.15) is 0 Å². The number of rotatable bonds is 3. The quantitative estimate of drug-likeness (QED) is 0.810. The van der Waals surface area contributed by atoms with E-state index in [0.717, 1.165) is 11.8 Å². The van der Waals surface area contributed by atoms with E-state index in [1.54, 1.807) is 0 Å². The highest BCUT2D eigenvalue weighted by atomic mass is 15.3. The molecule has 2 heteroatoms. The van der Waals surface area contributed by atoms with Crippen LogP contribution in [0.5, 0.6) is 0 Å². The van der Waals surface area contributed by atoms with Crippen molar-refractivity contribution in [2.75, 3.05) is 32.8 Å². The van der Waals surface area contributed by atoms with Gasteiger partial charge in [-0.3, -0.25) is 9.80 Å². The van der Waals surface area contributed by atoms with E-state index in [9.17, 15) is 0 Å². The normalized spacial score (nSPS) is 25.1. The summed E-state index contributed by atoms with van der Waals surface area (Å²) < 4.78 is 0. The summed E-state index contributed by atoms with van der Waals surface area (Å²) in [7, 11) is 0. The molecule has 0 spiro atoms. The largest absolute Gasteiger partial charge is 0.290 e. The van der Waals surface area contributed by atoms with Crippen LogP contribution in [0.2, 0.25) is 0 Å². The molecule has 2 aliphatic rings. The summed E-state index contributed by atoms with van der Waals surface area (Å²) in [6.07, 6.45) is 4.07. The van der Waals surface area contributed by atoms with Crippen LogP contribution in [-0.2, 0) is 0 Å². The SMILES string of the molecule is Cc1ccc(C2CCN(CN3CCC(C(C)(C)C)CC3)C2)cc1. The monoisotopic (exact) mass is 314 g/mol. The number of hydrogen-bond acceptors (Lipinski definition) is 2. The standard InChI is InChI=1S/C21H34N2/c1-17-5-7-18(8-6-17)19-9-12-23(15-19)16-22-13-10-20(11-14-22)21(2,3)4/h5-8,19-20H,9-16H2,1-4H3. The lowest BCUT2D eigenvalue weighted by atomic mass is 9.75. The fraction of sp³-hybridized carbons (Fsp3) is 0.714. The Balaban J connectivity index is 1.47. The van der Waals surface area contributed by atoms with Crippen molar-refractivity contribution in [2.24, 2.45) is 11.3 Å². The summed E-state index contributed by atoms with van der Waals surface area (Å²) in [6.45, 7) is 15.6. The Morgan fingerprint density at radius 1 is 0.913 bits per heavy atom. The van der Waals surface area contributed by atoms with E-state index < -0.39 is 0 Å². The van der Waals surface area contributed by atoms with Gasteiger partial charge in [-0.05, 0) is 62.1 Å². The first-order valence-electron chi connectivity index (χ1n) is 9.43. The first-order valence-corrected chi connectivity index (χ1v) is 9.43. The molecule has 1 aromatic carbocycles. The predicted molar refractivity (Wildman–Crippen MR) is 98.7 cm³/mol. The maximum absolute atomic E-state index is 2.68. The lowest BCUT2D eigenvalue weighted by Gasteiger charge is -2.40. The maximum atomic E-state index is 2.68. The summed E-state index contributed by atoms with van der Waals surface area (Å²) in [5.74, 6) is 1.64. The highest BCUT2D eigenvalue weighted by molar-refractivity contribution is 5.25. The van der Waals surface area contributed by atoms with E-state index in [2.05, 4.69) is 61.8 Å². The average molecular weight is 315 g/mol. The fourth-order valence-corrected chi connectivity index (χ4v) is 4.30. The zero-order valence-corrected chi connectivity index (χ0v) is 15.5. The van der Waals surface area contributed by atoms with E-state index in [0.29, 0.717) is 5.41 Å². The van der Waals surface area contributed by atoms with Gasteiger partial charge in [-0.25, -0.2) is 0 Å². The molecule has 0 bridgehead atoms. The molecule has 1 atom stereocenters. The van der Waals surface area contributed by atoms with E-state index in [4.69, 9.17) is 0 Å². The van der Waals surface area contributed by atoms with E-state index >= 15 is 0 Å². The third kappa shape index (κ3) is 4.36. The number of aryl methyl sites for hydroxylation is 1. The Morgan fingerprint density at radius 3 is 2.13 bits per heavy atom. The van der Waals surface area contributed by atoms with Gasteiger partial charge < -0.3 is 0 Å². The number of piperidine rings is 1. The first kappa shape index (κ1) is 17.0. The molecular weight excluding hydrogens is 280 g/mol. The van der Waals surface area contributed by atoms with Crippen molar-refractivity contribution in [3.05, 3.63) is 35.4 Å². The maximum Gasteiger partial charge on any atom is 0.0506 e. The number of likely N-dealkylation sites (tertiary alicyclic amines) is 2. The van der Waals surface area contributed by atoms with Crippen molar-refractivity contribution >= 4 is 0 Å². The molecule has 2 heterocycles. The van der Waals surface area contributed by atoms with Crippen LogP contribution in [0.15, 0.2) is 24.3 Å². The fourth-order valence-electron chi connectivity index (χ4n) is 4.30.